The van der Waals surface area contributed by atoms with Crippen LogP contribution in [0.5, 0.6) is 0 Å². The Morgan fingerprint density at radius 2 is 2.00 bits per heavy atom. The molecule has 0 aliphatic carbocycles. The van der Waals surface area contributed by atoms with E-state index in [2.05, 4.69) is 8.32 Å². The molecule has 0 fully saturated rings. The minimum atomic E-state index is -0.187. The predicted molar refractivity (Wildman–Crippen MR) is 35.9 cm³/mol. The van der Waals surface area contributed by atoms with Gasteiger partial charge in [-0.1, -0.05) is 0 Å². The van der Waals surface area contributed by atoms with Crippen molar-refractivity contribution in [2.24, 2.45) is 0 Å². The van der Waals surface area contributed by atoms with Gasteiger partial charge in [0.15, 0.2) is 0 Å². The van der Waals surface area contributed by atoms with Crippen molar-refractivity contribution in [3.8, 4) is 0 Å². The Labute approximate surface area is 71.4 Å². The molecule has 0 spiro atoms. The molecule has 0 aromatic carbocycles. The Morgan fingerprint density at radius 1 is 1.29 bits per heavy atom. The molecule has 0 radical (unpaired) electrons. The fourth-order valence-electron chi connectivity index (χ4n) is 0.677. The third-order valence-corrected chi connectivity index (χ3v) is 5.00. The van der Waals surface area contributed by atoms with Crippen LogP contribution in [0.2, 0.25) is 2.28 Å². The molecule has 0 unspecified atom stereocenters. The predicted octanol–water partition coefficient (Wildman–Crippen LogP) is 2.35. The van der Waals surface area contributed by atoms with Crippen LogP contribution in [0.15, 0.2) is 0 Å². The summed E-state index contributed by atoms with van der Waals surface area (Å²) >= 11 is -0.187. The molecule has 0 bridgehead atoms. The molecular formula is C6H14Ba. The van der Waals surface area contributed by atoms with Gasteiger partial charge in [0, 0.05) is 0 Å². The van der Waals surface area contributed by atoms with Crippen molar-refractivity contribution in [3.05, 3.63) is 0 Å². The molecule has 0 rings (SSSR count). The normalized spacial score (nSPS) is 8.29. The molecule has 0 aliphatic rings. The zero-order valence-corrected chi connectivity index (χ0v) is 9.98. The number of hydrogen-bond acceptors (Lipinski definition) is 0. The number of unbranched alkanes of at least 4 members (excludes halogenated alkanes) is 2. The first-order valence-corrected chi connectivity index (χ1v) is 11.0. The Balaban J connectivity index is 2.45. The van der Waals surface area contributed by atoms with Crippen molar-refractivity contribution < 1.29 is 0 Å². The maximum absolute atomic E-state index is 2.47. The quantitative estimate of drug-likeness (QED) is 0.507. The van der Waals surface area contributed by atoms with Crippen molar-refractivity contribution in [1.82, 2.24) is 0 Å². The van der Waals surface area contributed by atoms with Crippen LogP contribution in [0.4, 0.5) is 0 Å². The molecule has 0 N–H and O–H groups in total. The minimum absolute atomic E-state index is 0.187. The Kier molecular flexibility index (Phi) is 9.27. The van der Waals surface area contributed by atoms with Crippen molar-refractivity contribution >= 4 is 44.2 Å². The summed E-state index contributed by atoms with van der Waals surface area (Å²) in [6.45, 7) is 2.27. The zero-order chi connectivity index (χ0) is 5.54. The van der Waals surface area contributed by atoms with Crippen molar-refractivity contribution in [1.29, 1.82) is 0 Å². The third-order valence-electron chi connectivity index (χ3n) is 1.21. The van der Waals surface area contributed by atoms with E-state index < -0.39 is 0 Å². The van der Waals surface area contributed by atoms with E-state index in [0.29, 0.717) is 0 Å². The van der Waals surface area contributed by atoms with E-state index in [4.69, 9.17) is 0 Å². The van der Waals surface area contributed by atoms with Crippen LogP contribution in [0.1, 0.15) is 26.2 Å². The summed E-state index contributed by atoms with van der Waals surface area (Å²) in [6.07, 6.45) is 4.41. The maximum atomic E-state index is 2.47. The molecule has 0 aromatic heterocycles. The molecule has 0 aromatic rings. The van der Waals surface area contributed by atoms with Crippen LogP contribution in [0, 0.1) is 0 Å². The summed E-state index contributed by atoms with van der Waals surface area (Å²) in [4.78, 5) is 0. The van der Waals surface area contributed by atoms with Gasteiger partial charge in [-0.3, -0.25) is 0 Å². The summed E-state index contributed by atoms with van der Waals surface area (Å²) in [7, 11) is 0. The summed E-state index contributed by atoms with van der Waals surface area (Å²) < 4.78 is 4.11. The Morgan fingerprint density at radius 3 is 2.43 bits per heavy atom. The van der Waals surface area contributed by atoms with Gasteiger partial charge in [0.25, 0.3) is 0 Å². The van der Waals surface area contributed by atoms with E-state index in [-0.39, 0.29) is 44.2 Å². The van der Waals surface area contributed by atoms with Gasteiger partial charge in [0.2, 0.25) is 0 Å². The van der Waals surface area contributed by atoms with Crippen molar-refractivity contribution in [3.63, 3.8) is 0 Å². The molecule has 40 valence electrons. The number of hydrogen-bond donors (Lipinski definition) is 0. The molecule has 0 nitrogen and oxygen atoms in total. The summed E-state index contributed by atoms with van der Waals surface area (Å²) in [5.41, 5.74) is 0. The molecule has 0 aliphatic heterocycles. The second-order valence-corrected chi connectivity index (χ2v) is 7.42. The average Bonchev–Trinajstić information content (AvgIpc) is 1.69. The molecule has 0 heterocycles. The van der Waals surface area contributed by atoms with Gasteiger partial charge in [-0.2, -0.15) is 0 Å². The van der Waals surface area contributed by atoms with Gasteiger partial charge in [-0.25, -0.2) is 0 Å². The van der Waals surface area contributed by atoms with E-state index in [1.165, 1.54) is 19.3 Å². The van der Waals surface area contributed by atoms with Crippen LogP contribution in [-0.2, 0) is 0 Å². The average molecular weight is 224 g/mol. The van der Waals surface area contributed by atoms with Gasteiger partial charge >= 0.3 is 72.7 Å². The monoisotopic (exact) mass is 224 g/mol. The van der Waals surface area contributed by atoms with Gasteiger partial charge in [0.05, 0.1) is 0 Å². The number of rotatable bonds is 4. The molecule has 0 saturated carbocycles. The van der Waals surface area contributed by atoms with Gasteiger partial charge < -0.3 is 0 Å². The van der Waals surface area contributed by atoms with E-state index >= 15 is 0 Å². The van der Waals surface area contributed by atoms with E-state index in [0.717, 1.165) is 0 Å². The molecule has 0 saturated heterocycles. The summed E-state index contributed by atoms with van der Waals surface area (Å²) in [6, 6.07) is 0. The fraction of sp³-hybridized carbons (Fsp3) is 1.00. The summed E-state index contributed by atoms with van der Waals surface area (Å²) in [5, 5.41) is 0. The van der Waals surface area contributed by atoms with E-state index in [9.17, 15) is 0 Å². The molecule has 7 heavy (non-hydrogen) atoms. The molecular weight excluding hydrogens is 209 g/mol. The first-order valence-electron chi connectivity index (χ1n) is 3.41. The van der Waals surface area contributed by atoms with Crippen LogP contribution in [0.25, 0.3) is 0 Å². The van der Waals surface area contributed by atoms with Crippen LogP contribution in [0.3, 0.4) is 0 Å². The van der Waals surface area contributed by atoms with Gasteiger partial charge in [-0.05, 0) is 0 Å². The van der Waals surface area contributed by atoms with Crippen LogP contribution >= 0.6 is 0 Å². The molecule has 1 heteroatoms. The van der Waals surface area contributed by atoms with E-state index in [1.807, 2.05) is 0 Å². The van der Waals surface area contributed by atoms with Crippen molar-refractivity contribution in [2.45, 2.75) is 28.5 Å². The first-order chi connectivity index (χ1) is 3.41. The topological polar surface area (TPSA) is 0 Å². The van der Waals surface area contributed by atoms with E-state index in [1.54, 1.807) is 0.889 Å². The summed E-state index contributed by atoms with van der Waals surface area (Å²) in [5.74, 6) is 0. The van der Waals surface area contributed by atoms with Gasteiger partial charge in [-0.15, -0.1) is 0 Å². The molecule has 0 amide bonds. The Bertz CT molecular complexity index is 23.4. The molecule has 0 atom stereocenters. The second kappa shape index (κ2) is 7.57. The first kappa shape index (κ1) is 8.57. The van der Waals surface area contributed by atoms with Crippen LogP contribution < -0.4 is 0 Å². The second-order valence-electron chi connectivity index (χ2n) is 2.06. The SMILES string of the molecule is CCCC[CH2][Ba][CH3]. The third kappa shape index (κ3) is 7.57. The van der Waals surface area contributed by atoms with Crippen molar-refractivity contribution in [2.75, 3.05) is 0 Å². The zero-order valence-electron chi connectivity index (χ0n) is 5.54. The standard InChI is InChI=1S/C5H11.CH3.Ba/c1-3-5-4-2;;/h1,3-5H2,2H3;1H3;. The van der Waals surface area contributed by atoms with Crippen LogP contribution in [-0.4, -0.2) is 44.2 Å². The Hall–Kier alpha value is 1.57. The van der Waals surface area contributed by atoms with Gasteiger partial charge in [0.1, 0.15) is 0 Å². The fourth-order valence-corrected chi connectivity index (χ4v) is 3.36.